The zero-order valence-corrected chi connectivity index (χ0v) is 17.1. The van der Waals surface area contributed by atoms with E-state index in [1.54, 1.807) is 24.3 Å². The molecular weight excluding hydrogens is 412 g/mol. The molecule has 0 bridgehead atoms. The second-order valence-electron chi connectivity index (χ2n) is 6.36. The number of hydrogen-bond donors (Lipinski definition) is 1. The van der Waals surface area contributed by atoms with E-state index in [-0.39, 0.29) is 11.3 Å². The highest BCUT2D eigenvalue weighted by molar-refractivity contribution is 6.34. The topological polar surface area (TPSA) is 57.8 Å². The van der Waals surface area contributed by atoms with Gasteiger partial charge in [-0.3, -0.25) is 4.79 Å². The number of amides is 1. The zero-order chi connectivity index (χ0) is 21.1. The van der Waals surface area contributed by atoms with Gasteiger partial charge in [0.05, 0.1) is 16.4 Å². The Morgan fingerprint density at radius 1 is 1.17 bits per heavy atom. The quantitative estimate of drug-likeness (QED) is 0.404. The number of carbonyl (C=O) groups is 1. The van der Waals surface area contributed by atoms with Crippen LogP contribution in [0.25, 0.3) is 11.8 Å². The fourth-order valence-electron chi connectivity index (χ4n) is 3.02. The molecule has 3 rings (SSSR count). The Balaban J connectivity index is 1.99. The molecule has 3 aromatic rings. The van der Waals surface area contributed by atoms with Crippen LogP contribution in [0.1, 0.15) is 17.0 Å². The first-order valence-electron chi connectivity index (χ1n) is 8.64. The lowest BCUT2D eigenvalue weighted by Crippen LogP contribution is -2.14. The van der Waals surface area contributed by atoms with Crippen molar-refractivity contribution in [3.63, 3.8) is 0 Å². The molecule has 0 unspecified atom stereocenters. The second-order valence-corrected chi connectivity index (χ2v) is 7.21. The standard InChI is InChI=1S/C22H16Cl2FN3O/c1-13-9-15(14(2)28(13)21-11-17(23)7-8-18(21)24)10-16(12-26)22(29)27-20-6-4-3-5-19(20)25/h3-11H,1-2H3,(H,27,29). The highest BCUT2D eigenvalue weighted by Crippen LogP contribution is 2.30. The van der Waals surface area contributed by atoms with Crippen LogP contribution in [0.15, 0.2) is 54.1 Å². The number of nitrogens with one attached hydrogen (secondary N) is 1. The van der Waals surface area contributed by atoms with E-state index < -0.39 is 11.7 Å². The number of aryl methyl sites for hydroxylation is 1. The van der Waals surface area contributed by atoms with Crippen molar-refractivity contribution in [3.8, 4) is 11.8 Å². The second kappa shape index (κ2) is 8.52. The van der Waals surface area contributed by atoms with Crippen LogP contribution in [0.5, 0.6) is 0 Å². The van der Waals surface area contributed by atoms with E-state index in [1.165, 1.54) is 24.3 Å². The normalized spacial score (nSPS) is 11.2. The molecule has 4 nitrogen and oxygen atoms in total. The molecule has 0 aliphatic heterocycles. The Kier molecular flexibility index (Phi) is 6.07. The minimum absolute atomic E-state index is 0.00910. The van der Waals surface area contributed by atoms with Crippen LogP contribution in [0.2, 0.25) is 10.0 Å². The van der Waals surface area contributed by atoms with Crippen LogP contribution in [0.4, 0.5) is 10.1 Å². The van der Waals surface area contributed by atoms with Crippen LogP contribution in [-0.4, -0.2) is 10.5 Å². The van der Waals surface area contributed by atoms with Gasteiger partial charge >= 0.3 is 0 Å². The largest absolute Gasteiger partial charge is 0.319 e. The monoisotopic (exact) mass is 427 g/mol. The number of anilines is 1. The van der Waals surface area contributed by atoms with E-state index in [0.717, 1.165) is 11.4 Å². The van der Waals surface area contributed by atoms with Crippen molar-refractivity contribution in [2.75, 3.05) is 5.32 Å². The number of rotatable bonds is 4. The Bertz CT molecular complexity index is 1180. The van der Waals surface area contributed by atoms with E-state index in [2.05, 4.69) is 5.32 Å². The van der Waals surface area contributed by atoms with Crippen LogP contribution in [0.3, 0.4) is 0 Å². The van der Waals surface area contributed by atoms with Gasteiger partial charge in [-0.1, -0.05) is 35.3 Å². The zero-order valence-electron chi connectivity index (χ0n) is 15.6. The molecule has 29 heavy (non-hydrogen) atoms. The SMILES string of the molecule is Cc1cc(C=C(C#N)C(=O)Nc2ccccc2F)c(C)n1-c1cc(Cl)ccc1Cl. The van der Waals surface area contributed by atoms with Crippen molar-refractivity contribution in [2.24, 2.45) is 0 Å². The summed E-state index contributed by atoms with van der Waals surface area (Å²) in [5, 5.41) is 12.9. The van der Waals surface area contributed by atoms with Gasteiger partial charge in [0, 0.05) is 16.4 Å². The molecule has 1 N–H and O–H groups in total. The van der Waals surface area contributed by atoms with E-state index in [0.29, 0.717) is 21.3 Å². The van der Waals surface area contributed by atoms with Gasteiger partial charge in [-0.05, 0) is 61.9 Å². The summed E-state index contributed by atoms with van der Waals surface area (Å²) < 4.78 is 15.7. The summed E-state index contributed by atoms with van der Waals surface area (Å²) in [4.78, 5) is 12.5. The van der Waals surface area contributed by atoms with Crippen molar-refractivity contribution in [1.82, 2.24) is 4.57 Å². The number of para-hydroxylation sites is 1. The fourth-order valence-corrected chi connectivity index (χ4v) is 3.39. The van der Waals surface area contributed by atoms with Crippen molar-refractivity contribution in [1.29, 1.82) is 5.26 Å². The summed E-state index contributed by atoms with van der Waals surface area (Å²) in [6.07, 6.45) is 1.47. The summed E-state index contributed by atoms with van der Waals surface area (Å²) in [5.74, 6) is -1.27. The summed E-state index contributed by atoms with van der Waals surface area (Å²) in [6.45, 7) is 3.73. The van der Waals surface area contributed by atoms with Gasteiger partial charge in [0.1, 0.15) is 17.5 Å². The first-order chi connectivity index (χ1) is 13.8. The minimum Gasteiger partial charge on any atom is -0.319 e. The number of nitrogens with zero attached hydrogens (tertiary/aromatic N) is 2. The van der Waals surface area contributed by atoms with Crippen LogP contribution < -0.4 is 5.32 Å². The Morgan fingerprint density at radius 2 is 1.90 bits per heavy atom. The molecular formula is C22H16Cl2FN3O. The number of benzene rings is 2. The summed E-state index contributed by atoms with van der Waals surface area (Å²) in [5.41, 5.74) is 2.85. The number of halogens is 3. The lowest BCUT2D eigenvalue weighted by molar-refractivity contribution is -0.112. The van der Waals surface area contributed by atoms with Gasteiger partial charge in [0.15, 0.2) is 0 Å². The number of hydrogen-bond acceptors (Lipinski definition) is 2. The molecule has 146 valence electrons. The third-order valence-electron chi connectivity index (χ3n) is 4.41. The van der Waals surface area contributed by atoms with Gasteiger partial charge in [-0.2, -0.15) is 5.26 Å². The average Bonchev–Trinajstić information content (AvgIpc) is 2.96. The fraction of sp³-hybridized carbons (Fsp3) is 0.0909. The Hall–Kier alpha value is -3.07. The molecule has 7 heteroatoms. The predicted molar refractivity (Wildman–Crippen MR) is 114 cm³/mol. The third kappa shape index (κ3) is 4.34. The molecule has 0 radical (unpaired) electrons. The molecule has 0 atom stereocenters. The van der Waals surface area contributed by atoms with E-state index in [1.807, 2.05) is 30.6 Å². The van der Waals surface area contributed by atoms with Crippen molar-refractivity contribution in [2.45, 2.75) is 13.8 Å². The van der Waals surface area contributed by atoms with Gasteiger partial charge in [0.2, 0.25) is 0 Å². The summed E-state index contributed by atoms with van der Waals surface area (Å²) in [7, 11) is 0. The number of carbonyl (C=O) groups excluding carboxylic acids is 1. The molecule has 0 saturated carbocycles. The number of nitriles is 1. The smallest absolute Gasteiger partial charge is 0.266 e. The van der Waals surface area contributed by atoms with Crippen LogP contribution in [0, 0.1) is 31.0 Å². The maximum absolute atomic E-state index is 13.8. The van der Waals surface area contributed by atoms with Crippen molar-refractivity contribution >= 4 is 40.9 Å². The molecule has 0 fully saturated rings. The maximum Gasteiger partial charge on any atom is 0.266 e. The highest BCUT2D eigenvalue weighted by atomic mass is 35.5. The van der Waals surface area contributed by atoms with Crippen LogP contribution >= 0.6 is 23.2 Å². The molecule has 1 heterocycles. The molecule has 1 amide bonds. The Labute approximate surface area is 177 Å². The third-order valence-corrected chi connectivity index (χ3v) is 4.96. The first kappa shape index (κ1) is 20.7. The summed E-state index contributed by atoms with van der Waals surface area (Å²) >= 11 is 12.4. The highest BCUT2D eigenvalue weighted by Gasteiger charge is 2.16. The maximum atomic E-state index is 13.8. The van der Waals surface area contributed by atoms with E-state index in [4.69, 9.17) is 23.2 Å². The molecule has 2 aromatic carbocycles. The average molecular weight is 428 g/mol. The minimum atomic E-state index is -0.691. The van der Waals surface area contributed by atoms with Crippen molar-refractivity contribution < 1.29 is 9.18 Å². The van der Waals surface area contributed by atoms with Gasteiger partial charge in [-0.15, -0.1) is 0 Å². The molecule has 0 aliphatic rings. The van der Waals surface area contributed by atoms with Gasteiger partial charge in [0.25, 0.3) is 5.91 Å². The van der Waals surface area contributed by atoms with Gasteiger partial charge in [-0.25, -0.2) is 4.39 Å². The molecule has 0 spiro atoms. The Morgan fingerprint density at radius 3 is 2.59 bits per heavy atom. The number of aromatic nitrogens is 1. The lowest BCUT2D eigenvalue weighted by atomic mass is 10.1. The van der Waals surface area contributed by atoms with E-state index in [9.17, 15) is 14.4 Å². The molecule has 0 aliphatic carbocycles. The summed E-state index contributed by atoms with van der Waals surface area (Å²) in [6, 6.07) is 14.6. The van der Waals surface area contributed by atoms with Crippen LogP contribution in [-0.2, 0) is 4.79 Å². The molecule has 1 aromatic heterocycles. The van der Waals surface area contributed by atoms with Crippen molar-refractivity contribution in [3.05, 3.63) is 86.9 Å². The van der Waals surface area contributed by atoms with Gasteiger partial charge < -0.3 is 9.88 Å². The predicted octanol–water partition coefficient (Wildman–Crippen LogP) is 6.09. The lowest BCUT2D eigenvalue weighted by Gasteiger charge is -2.12. The molecule has 0 saturated heterocycles. The van der Waals surface area contributed by atoms with E-state index >= 15 is 0 Å². The first-order valence-corrected chi connectivity index (χ1v) is 9.39.